The zero-order valence-electron chi connectivity index (χ0n) is 10.4. The van der Waals surface area contributed by atoms with Crippen LogP contribution < -0.4 is 10.5 Å². The van der Waals surface area contributed by atoms with Crippen molar-refractivity contribution in [2.24, 2.45) is 0 Å². The fourth-order valence-corrected chi connectivity index (χ4v) is 1.95. The van der Waals surface area contributed by atoms with Crippen LogP contribution in [0.1, 0.15) is 25.8 Å². The van der Waals surface area contributed by atoms with Crippen LogP contribution in [0, 0.1) is 0 Å². The standard InChI is InChI=1S/C14H19NO2/c1-10(2)17-14-12(4-3-5-13(14)15)11-6-8-16-9-7-11/h3-6,10H,7-9,15H2,1-2H3. The smallest absolute Gasteiger partial charge is 0.150 e. The Morgan fingerprint density at radius 2 is 2.18 bits per heavy atom. The van der Waals surface area contributed by atoms with Crippen molar-refractivity contribution in [1.82, 2.24) is 0 Å². The average molecular weight is 233 g/mol. The summed E-state index contributed by atoms with van der Waals surface area (Å²) in [7, 11) is 0. The molecule has 0 atom stereocenters. The Labute approximate surface area is 102 Å². The second-order valence-electron chi connectivity index (χ2n) is 4.44. The van der Waals surface area contributed by atoms with Gasteiger partial charge in [0.2, 0.25) is 0 Å². The van der Waals surface area contributed by atoms with Crippen LogP contribution in [-0.4, -0.2) is 19.3 Å². The molecular formula is C14H19NO2. The van der Waals surface area contributed by atoms with Crippen molar-refractivity contribution in [3.63, 3.8) is 0 Å². The van der Waals surface area contributed by atoms with E-state index in [1.54, 1.807) is 0 Å². The van der Waals surface area contributed by atoms with Crippen molar-refractivity contribution >= 4 is 11.3 Å². The number of anilines is 1. The number of para-hydroxylation sites is 1. The van der Waals surface area contributed by atoms with Crippen molar-refractivity contribution in [3.8, 4) is 5.75 Å². The van der Waals surface area contributed by atoms with E-state index in [1.807, 2.05) is 26.0 Å². The molecule has 17 heavy (non-hydrogen) atoms. The van der Waals surface area contributed by atoms with Gasteiger partial charge in [0, 0.05) is 5.56 Å². The van der Waals surface area contributed by atoms with Gasteiger partial charge in [-0.3, -0.25) is 0 Å². The first-order valence-corrected chi connectivity index (χ1v) is 6.01. The van der Waals surface area contributed by atoms with Gasteiger partial charge in [-0.25, -0.2) is 0 Å². The average Bonchev–Trinajstić information content (AvgIpc) is 2.32. The third kappa shape index (κ3) is 2.80. The van der Waals surface area contributed by atoms with Gasteiger partial charge in [-0.05, 0) is 31.9 Å². The summed E-state index contributed by atoms with van der Waals surface area (Å²) in [5.74, 6) is 0.802. The van der Waals surface area contributed by atoms with E-state index in [0.717, 1.165) is 24.3 Å². The molecule has 0 unspecified atom stereocenters. The zero-order chi connectivity index (χ0) is 12.3. The molecule has 1 aliphatic heterocycles. The molecule has 0 bridgehead atoms. The molecule has 0 radical (unpaired) electrons. The van der Waals surface area contributed by atoms with E-state index in [2.05, 4.69) is 12.1 Å². The summed E-state index contributed by atoms with van der Waals surface area (Å²) in [5, 5.41) is 0. The summed E-state index contributed by atoms with van der Waals surface area (Å²) in [6.45, 7) is 5.45. The van der Waals surface area contributed by atoms with Crippen LogP contribution in [0.25, 0.3) is 5.57 Å². The minimum Gasteiger partial charge on any atom is -0.488 e. The number of nitrogens with two attached hydrogens (primary N) is 1. The first kappa shape index (κ1) is 12.0. The molecule has 1 aromatic rings. The number of benzene rings is 1. The second-order valence-corrected chi connectivity index (χ2v) is 4.44. The van der Waals surface area contributed by atoms with Gasteiger partial charge in [0.1, 0.15) is 5.75 Å². The van der Waals surface area contributed by atoms with Gasteiger partial charge in [0.25, 0.3) is 0 Å². The maximum absolute atomic E-state index is 5.99. The van der Waals surface area contributed by atoms with E-state index in [-0.39, 0.29) is 6.10 Å². The Kier molecular flexibility index (Phi) is 3.69. The molecule has 1 aromatic carbocycles. The van der Waals surface area contributed by atoms with Crippen LogP contribution in [0.5, 0.6) is 5.75 Å². The normalized spacial score (nSPS) is 15.8. The van der Waals surface area contributed by atoms with Crippen molar-refractivity contribution in [3.05, 3.63) is 29.8 Å². The molecule has 92 valence electrons. The third-order valence-corrected chi connectivity index (χ3v) is 2.71. The first-order chi connectivity index (χ1) is 8.18. The molecule has 0 saturated carbocycles. The summed E-state index contributed by atoms with van der Waals surface area (Å²) in [6.07, 6.45) is 3.14. The van der Waals surface area contributed by atoms with Gasteiger partial charge in [-0.2, -0.15) is 0 Å². The molecule has 0 amide bonds. The quantitative estimate of drug-likeness (QED) is 0.816. The highest BCUT2D eigenvalue weighted by Crippen LogP contribution is 2.34. The van der Waals surface area contributed by atoms with Crippen molar-refractivity contribution < 1.29 is 9.47 Å². The molecule has 0 saturated heterocycles. The van der Waals surface area contributed by atoms with Crippen molar-refractivity contribution in [2.45, 2.75) is 26.4 Å². The van der Waals surface area contributed by atoms with Gasteiger partial charge in [0.05, 0.1) is 25.0 Å². The molecule has 0 aromatic heterocycles. The lowest BCUT2D eigenvalue weighted by molar-refractivity contribution is 0.161. The molecule has 0 fully saturated rings. The summed E-state index contributed by atoms with van der Waals surface area (Å²) in [6, 6.07) is 5.90. The highest BCUT2D eigenvalue weighted by Gasteiger charge is 2.14. The first-order valence-electron chi connectivity index (χ1n) is 6.01. The number of hydrogen-bond acceptors (Lipinski definition) is 3. The van der Waals surface area contributed by atoms with Crippen molar-refractivity contribution in [1.29, 1.82) is 0 Å². The summed E-state index contributed by atoms with van der Waals surface area (Å²) in [4.78, 5) is 0. The SMILES string of the molecule is CC(C)Oc1c(N)cccc1C1=CCOCC1. The maximum atomic E-state index is 5.99. The summed E-state index contributed by atoms with van der Waals surface area (Å²) < 4.78 is 11.1. The summed E-state index contributed by atoms with van der Waals surface area (Å²) in [5.41, 5.74) is 9.05. The Hall–Kier alpha value is -1.48. The van der Waals surface area contributed by atoms with E-state index in [4.69, 9.17) is 15.2 Å². The van der Waals surface area contributed by atoms with Crippen LogP contribution in [0.2, 0.25) is 0 Å². The van der Waals surface area contributed by atoms with Crippen LogP contribution in [0.3, 0.4) is 0 Å². The fourth-order valence-electron chi connectivity index (χ4n) is 1.95. The molecule has 0 spiro atoms. The number of hydrogen-bond donors (Lipinski definition) is 1. The highest BCUT2D eigenvalue weighted by molar-refractivity contribution is 5.76. The number of ether oxygens (including phenoxy) is 2. The van der Waals surface area contributed by atoms with E-state index >= 15 is 0 Å². The van der Waals surface area contributed by atoms with Gasteiger partial charge in [-0.15, -0.1) is 0 Å². The maximum Gasteiger partial charge on any atom is 0.150 e. The Balaban J connectivity index is 2.38. The molecular weight excluding hydrogens is 214 g/mol. The van der Waals surface area contributed by atoms with Crippen LogP contribution in [0.15, 0.2) is 24.3 Å². The van der Waals surface area contributed by atoms with Crippen LogP contribution in [-0.2, 0) is 4.74 Å². The lowest BCUT2D eigenvalue weighted by Gasteiger charge is -2.20. The van der Waals surface area contributed by atoms with Gasteiger partial charge >= 0.3 is 0 Å². The van der Waals surface area contributed by atoms with E-state index < -0.39 is 0 Å². The van der Waals surface area contributed by atoms with E-state index in [1.165, 1.54) is 5.57 Å². The highest BCUT2D eigenvalue weighted by atomic mass is 16.5. The molecule has 2 N–H and O–H groups in total. The molecule has 2 rings (SSSR count). The van der Waals surface area contributed by atoms with Gasteiger partial charge < -0.3 is 15.2 Å². The third-order valence-electron chi connectivity index (χ3n) is 2.71. The van der Waals surface area contributed by atoms with Crippen molar-refractivity contribution in [2.75, 3.05) is 18.9 Å². The Morgan fingerprint density at radius 3 is 2.82 bits per heavy atom. The molecule has 3 nitrogen and oxygen atoms in total. The minimum atomic E-state index is 0.124. The van der Waals surface area contributed by atoms with Gasteiger partial charge in [0.15, 0.2) is 0 Å². The molecule has 1 aliphatic rings. The van der Waals surface area contributed by atoms with E-state index in [9.17, 15) is 0 Å². The topological polar surface area (TPSA) is 44.5 Å². The lowest BCUT2D eigenvalue weighted by Crippen LogP contribution is -2.11. The predicted molar refractivity (Wildman–Crippen MR) is 70.0 cm³/mol. The minimum absolute atomic E-state index is 0.124. The second kappa shape index (κ2) is 5.23. The van der Waals surface area contributed by atoms with Crippen LogP contribution >= 0.6 is 0 Å². The monoisotopic (exact) mass is 233 g/mol. The van der Waals surface area contributed by atoms with Crippen LogP contribution in [0.4, 0.5) is 5.69 Å². The zero-order valence-corrected chi connectivity index (χ0v) is 10.4. The predicted octanol–water partition coefficient (Wildman–Crippen LogP) is 2.86. The molecule has 1 heterocycles. The lowest BCUT2D eigenvalue weighted by atomic mass is 10.00. The Morgan fingerprint density at radius 1 is 1.35 bits per heavy atom. The summed E-state index contributed by atoms with van der Waals surface area (Å²) >= 11 is 0. The molecule has 0 aliphatic carbocycles. The van der Waals surface area contributed by atoms with Gasteiger partial charge in [-0.1, -0.05) is 18.2 Å². The largest absolute Gasteiger partial charge is 0.488 e. The number of rotatable bonds is 3. The number of nitrogen functional groups attached to an aromatic ring is 1. The van der Waals surface area contributed by atoms with E-state index in [0.29, 0.717) is 12.3 Å². The Bertz CT molecular complexity index is 424. The fraction of sp³-hybridized carbons (Fsp3) is 0.429. The molecule has 3 heteroatoms.